The predicted molar refractivity (Wildman–Crippen MR) is 105 cm³/mol. The zero-order valence-corrected chi connectivity index (χ0v) is 15.8. The fourth-order valence-corrected chi connectivity index (χ4v) is 3.01. The third-order valence-electron chi connectivity index (χ3n) is 3.91. The van der Waals surface area contributed by atoms with E-state index in [1.54, 1.807) is 18.2 Å². The topological polar surface area (TPSA) is 102 Å². The maximum absolute atomic E-state index is 12.3. The Kier molecular flexibility index (Phi) is 6.98. The summed E-state index contributed by atoms with van der Waals surface area (Å²) < 4.78 is 0. The van der Waals surface area contributed by atoms with Crippen molar-refractivity contribution in [2.45, 2.75) is 19.9 Å². The number of aryl methyl sites for hydroxylation is 1. The minimum absolute atomic E-state index is 0.0120. The van der Waals surface area contributed by atoms with Gasteiger partial charge in [-0.15, -0.1) is 0 Å². The molecule has 0 saturated carbocycles. The molecule has 4 N–H and O–H groups in total. The summed E-state index contributed by atoms with van der Waals surface area (Å²) >= 11 is 6.21. The van der Waals surface area contributed by atoms with Crippen LogP contribution in [0.15, 0.2) is 42.5 Å². The van der Waals surface area contributed by atoms with Gasteiger partial charge in [0.25, 0.3) is 5.91 Å². The summed E-state index contributed by atoms with van der Waals surface area (Å²) in [4.78, 5) is 26.1. The molecule has 0 radical (unpaired) electrons. The largest absolute Gasteiger partial charge is 0.481 e. The normalized spacial score (nSPS) is 10.2. The quantitative estimate of drug-likeness (QED) is 0.538. The highest BCUT2D eigenvalue weighted by Crippen LogP contribution is 2.26. The fourth-order valence-electron chi connectivity index (χ4n) is 2.68. The number of H-pyrrole nitrogens is 1. The average molecular weight is 389 g/mol. The van der Waals surface area contributed by atoms with Crippen molar-refractivity contribution in [3.8, 4) is 0 Å². The van der Waals surface area contributed by atoms with Gasteiger partial charge in [-0.05, 0) is 41.8 Å². The zero-order chi connectivity index (χ0) is 20.0. The summed E-state index contributed by atoms with van der Waals surface area (Å²) in [6.45, 7) is 2.30. The van der Waals surface area contributed by atoms with Crippen LogP contribution in [0.3, 0.4) is 0 Å². The summed E-state index contributed by atoms with van der Waals surface area (Å²) in [7, 11) is 1.00. The van der Waals surface area contributed by atoms with Gasteiger partial charge in [0, 0.05) is 24.6 Å². The Morgan fingerprint density at radius 2 is 1.70 bits per heavy atom. The first-order chi connectivity index (χ1) is 12.9. The number of aliphatic hydroxyl groups excluding tert-OH is 1. The summed E-state index contributed by atoms with van der Waals surface area (Å²) in [5.74, 6) is -1.09. The number of aliphatic hydroxyl groups is 1. The van der Waals surface area contributed by atoms with Crippen LogP contribution in [0.1, 0.15) is 27.2 Å². The monoisotopic (exact) mass is 388 g/mol. The number of fused-ring (bicyclic) bond motifs is 1. The lowest BCUT2D eigenvalue weighted by Gasteiger charge is -2.05. The third-order valence-corrected chi connectivity index (χ3v) is 4.22. The van der Waals surface area contributed by atoms with Crippen LogP contribution < -0.4 is 5.32 Å². The Morgan fingerprint density at radius 3 is 2.33 bits per heavy atom. The first-order valence-electron chi connectivity index (χ1n) is 8.24. The first kappa shape index (κ1) is 20.5. The molecule has 0 atom stereocenters. The van der Waals surface area contributed by atoms with Crippen molar-refractivity contribution in [3.63, 3.8) is 0 Å². The molecule has 1 amide bonds. The second-order valence-electron chi connectivity index (χ2n) is 5.96. The molecule has 3 aromatic rings. The smallest absolute Gasteiger partial charge is 0.307 e. The molecule has 1 heterocycles. The van der Waals surface area contributed by atoms with Crippen molar-refractivity contribution in [1.29, 1.82) is 0 Å². The van der Waals surface area contributed by atoms with Gasteiger partial charge < -0.3 is 20.5 Å². The van der Waals surface area contributed by atoms with Crippen LogP contribution in [-0.2, 0) is 17.8 Å². The number of carbonyl (C=O) groups is 2. The number of aromatic amines is 1. The molecule has 7 heteroatoms. The van der Waals surface area contributed by atoms with Crippen LogP contribution in [0.5, 0.6) is 0 Å². The van der Waals surface area contributed by atoms with E-state index in [0.717, 1.165) is 34.7 Å². The van der Waals surface area contributed by atoms with Crippen LogP contribution in [0.4, 0.5) is 0 Å². The number of hydrogen-bond acceptors (Lipinski definition) is 3. The maximum Gasteiger partial charge on any atom is 0.307 e. The Hall–Kier alpha value is -2.83. The second-order valence-corrected chi connectivity index (χ2v) is 6.37. The zero-order valence-electron chi connectivity index (χ0n) is 15.0. The minimum Gasteiger partial charge on any atom is -0.481 e. The van der Waals surface area contributed by atoms with Crippen LogP contribution in [0.25, 0.3) is 10.9 Å². The predicted octanol–water partition coefficient (Wildman–Crippen LogP) is 3.30. The number of amides is 1. The number of carboxylic acids is 1. The van der Waals surface area contributed by atoms with Gasteiger partial charge in [0.15, 0.2) is 0 Å². The van der Waals surface area contributed by atoms with Crippen LogP contribution in [0, 0.1) is 6.92 Å². The van der Waals surface area contributed by atoms with Crippen LogP contribution >= 0.6 is 11.6 Å². The van der Waals surface area contributed by atoms with Crippen molar-refractivity contribution < 1.29 is 19.8 Å². The molecule has 0 bridgehead atoms. The number of halogens is 1. The van der Waals surface area contributed by atoms with Gasteiger partial charge in [0.1, 0.15) is 5.69 Å². The second kappa shape index (κ2) is 9.21. The standard InChI is InChI=1S/C19H17ClN2O3.CH4O/c1-11-6-15(20)14-9-17(22-16(14)7-11)19(25)21-10-13-4-2-12(3-5-13)8-18(23)24;1-2/h2-7,9,22H,8,10H2,1H3,(H,21,25)(H,23,24);2H,1H3. The molecule has 0 aliphatic rings. The number of hydrogen-bond donors (Lipinski definition) is 4. The average Bonchev–Trinajstić information content (AvgIpc) is 3.06. The number of rotatable bonds is 5. The molecule has 2 aromatic carbocycles. The van der Waals surface area contributed by atoms with E-state index in [4.69, 9.17) is 21.8 Å². The summed E-state index contributed by atoms with van der Waals surface area (Å²) in [6.07, 6.45) is -0.0120. The van der Waals surface area contributed by atoms with E-state index in [2.05, 4.69) is 10.3 Å². The molecule has 0 unspecified atom stereocenters. The van der Waals surface area contributed by atoms with Crippen LogP contribution in [-0.4, -0.2) is 34.2 Å². The summed E-state index contributed by atoms with van der Waals surface area (Å²) in [5.41, 5.74) is 3.92. The number of aromatic nitrogens is 1. The number of aliphatic carboxylic acids is 1. The van der Waals surface area contributed by atoms with Gasteiger partial charge in [-0.1, -0.05) is 35.9 Å². The van der Waals surface area contributed by atoms with E-state index in [9.17, 15) is 9.59 Å². The molecule has 0 spiro atoms. The van der Waals surface area contributed by atoms with E-state index in [0.29, 0.717) is 17.3 Å². The molecule has 27 heavy (non-hydrogen) atoms. The number of carbonyl (C=O) groups excluding carboxylic acids is 1. The van der Waals surface area contributed by atoms with Crippen molar-refractivity contribution in [1.82, 2.24) is 10.3 Å². The highest BCUT2D eigenvalue weighted by molar-refractivity contribution is 6.35. The Bertz CT molecular complexity index is 949. The van der Waals surface area contributed by atoms with Gasteiger partial charge in [-0.3, -0.25) is 9.59 Å². The lowest BCUT2D eigenvalue weighted by atomic mass is 10.1. The van der Waals surface area contributed by atoms with Gasteiger partial charge in [0.2, 0.25) is 0 Å². The molecular formula is C20H21ClN2O4. The van der Waals surface area contributed by atoms with Crippen molar-refractivity contribution in [2.75, 3.05) is 7.11 Å². The van der Waals surface area contributed by atoms with Crippen LogP contribution in [0.2, 0.25) is 5.02 Å². The highest BCUT2D eigenvalue weighted by Gasteiger charge is 2.11. The van der Waals surface area contributed by atoms with Gasteiger partial charge in [-0.2, -0.15) is 0 Å². The molecule has 0 fully saturated rings. The Labute approximate surface area is 161 Å². The third kappa shape index (κ3) is 5.32. The van der Waals surface area contributed by atoms with Gasteiger partial charge >= 0.3 is 5.97 Å². The Balaban J connectivity index is 0.00000126. The number of nitrogens with one attached hydrogen (secondary N) is 2. The minimum atomic E-state index is -0.867. The first-order valence-corrected chi connectivity index (χ1v) is 8.61. The van der Waals surface area contributed by atoms with Gasteiger partial charge in [-0.25, -0.2) is 0 Å². The van der Waals surface area contributed by atoms with E-state index in [1.807, 2.05) is 31.2 Å². The van der Waals surface area contributed by atoms with Crippen molar-refractivity contribution in [2.24, 2.45) is 0 Å². The molecular weight excluding hydrogens is 368 g/mol. The lowest BCUT2D eigenvalue weighted by Crippen LogP contribution is -2.23. The van der Waals surface area contributed by atoms with E-state index < -0.39 is 5.97 Å². The molecule has 3 rings (SSSR count). The summed E-state index contributed by atoms with van der Waals surface area (Å²) in [6, 6.07) is 12.7. The Morgan fingerprint density at radius 1 is 1.07 bits per heavy atom. The number of carboxylic acid groups (broad SMARTS) is 1. The molecule has 1 aromatic heterocycles. The molecule has 142 valence electrons. The summed E-state index contributed by atoms with van der Waals surface area (Å²) in [5, 5.41) is 20.0. The molecule has 0 aliphatic carbocycles. The molecule has 0 saturated heterocycles. The van der Waals surface area contributed by atoms with E-state index in [1.165, 1.54) is 0 Å². The van der Waals surface area contributed by atoms with Crippen molar-refractivity contribution >= 4 is 34.4 Å². The van der Waals surface area contributed by atoms with E-state index in [-0.39, 0.29) is 12.3 Å². The lowest BCUT2D eigenvalue weighted by molar-refractivity contribution is -0.136. The van der Waals surface area contributed by atoms with Gasteiger partial charge in [0.05, 0.1) is 11.4 Å². The van der Waals surface area contributed by atoms with Crippen molar-refractivity contribution in [3.05, 3.63) is 69.9 Å². The highest BCUT2D eigenvalue weighted by atomic mass is 35.5. The maximum atomic E-state index is 12.3. The SMILES string of the molecule is CO.Cc1cc(Cl)c2cc(C(=O)NCc3ccc(CC(=O)O)cc3)[nH]c2c1. The molecule has 0 aliphatic heterocycles. The molecule has 6 nitrogen and oxygen atoms in total. The number of benzene rings is 2. The fraction of sp³-hybridized carbons (Fsp3) is 0.200. The van der Waals surface area contributed by atoms with E-state index >= 15 is 0 Å².